The van der Waals surface area contributed by atoms with Crippen LogP contribution in [-0.4, -0.2) is 44.0 Å². The zero-order valence-electron chi connectivity index (χ0n) is 7.12. The fourth-order valence-corrected chi connectivity index (χ4v) is 1.37. The van der Waals surface area contributed by atoms with Crippen molar-refractivity contribution in [2.24, 2.45) is 5.84 Å². The van der Waals surface area contributed by atoms with Gasteiger partial charge in [-0.25, -0.2) is 5.01 Å². The Hall–Kier alpha value is -0.160. The molecule has 4 nitrogen and oxygen atoms in total. The van der Waals surface area contributed by atoms with Crippen molar-refractivity contribution in [3.05, 3.63) is 0 Å². The molecule has 0 aliphatic carbocycles. The molecule has 0 aromatic carbocycles. The SMILES string of the molecule is CCO[C@H]1CN(N)C[C@@H]1OC. The monoisotopic (exact) mass is 160 g/mol. The van der Waals surface area contributed by atoms with Crippen LogP contribution in [0.3, 0.4) is 0 Å². The Bertz CT molecular complexity index is 121. The lowest BCUT2D eigenvalue weighted by Crippen LogP contribution is -2.29. The summed E-state index contributed by atoms with van der Waals surface area (Å²) in [5, 5.41) is 1.73. The van der Waals surface area contributed by atoms with Crippen molar-refractivity contribution >= 4 is 0 Å². The van der Waals surface area contributed by atoms with E-state index in [0.717, 1.165) is 19.7 Å². The minimum absolute atomic E-state index is 0.139. The predicted molar refractivity (Wildman–Crippen MR) is 42.0 cm³/mol. The van der Waals surface area contributed by atoms with E-state index in [1.165, 1.54) is 0 Å². The van der Waals surface area contributed by atoms with Crippen LogP contribution < -0.4 is 5.84 Å². The average molecular weight is 160 g/mol. The summed E-state index contributed by atoms with van der Waals surface area (Å²) < 4.78 is 10.6. The first-order valence-electron chi connectivity index (χ1n) is 3.92. The molecule has 4 heteroatoms. The molecule has 0 bridgehead atoms. The van der Waals surface area contributed by atoms with Crippen molar-refractivity contribution in [3.8, 4) is 0 Å². The van der Waals surface area contributed by atoms with Gasteiger partial charge in [0.1, 0.15) is 0 Å². The number of hydrogen-bond acceptors (Lipinski definition) is 4. The highest BCUT2D eigenvalue weighted by molar-refractivity contribution is 4.82. The van der Waals surface area contributed by atoms with E-state index in [4.69, 9.17) is 15.3 Å². The van der Waals surface area contributed by atoms with Gasteiger partial charge in [-0.3, -0.25) is 5.84 Å². The smallest absolute Gasteiger partial charge is 0.0989 e. The van der Waals surface area contributed by atoms with Crippen LogP contribution in [-0.2, 0) is 9.47 Å². The maximum atomic E-state index is 5.59. The quantitative estimate of drug-likeness (QED) is 0.570. The highest BCUT2D eigenvalue weighted by Crippen LogP contribution is 2.12. The minimum Gasteiger partial charge on any atom is -0.377 e. The van der Waals surface area contributed by atoms with Crippen LogP contribution in [0.2, 0.25) is 0 Å². The number of rotatable bonds is 3. The third-order valence-electron chi connectivity index (χ3n) is 1.93. The van der Waals surface area contributed by atoms with E-state index in [9.17, 15) is 0 Å². The molecule has 66 valence electrons. The van der Waals surface area contributed by atoms with Crippen LogP contribution in [0, 0.1) is 0 Å². The highest BCUT2D eigenvalue weighted by atomic mass is 16.5. The maximum Gasteiger partial charge on any atom is 0.0989 e. The molecular weight excluding hydrogens is 144 g/mol. The van der Waals surface area contributed by atoms with E-state index >= 15 is 0 Å². The molecule has 2 atom stereocenters. The van der Waals surface area contributed by atoms with E-state index in [2.05, 4.69) is 0 Å². The minimum atomic E-state index is 0.139. The summed E-state index contributed by atoms with van der Waals surface area (Å²) in [5.74, 6) is 5.59. The van der Waals surface area contributed by atoms with Crippen molar-refractivity contribution < 1.29 is 9.47 Å². The Morgan fingerprint density at radius 3 is 2.64 bits per heavy atom. The lowest BCUT2D eigenvalue weighted by atomic mass is 10.2. The second-order valence-corrected chi connectivity index (χ2v) is 2.72. The standard InChI is InChI=1S/C7H16N2O2/c1-3-11-7-5-9(8)4-6(7)10-2/h6-7H,3-5,8H2,1-2H3/t6-,7-/m0/s1. The molecular formula is C7H16N2O2. The first-order chi connectivity index (χ1) is 5.27. The van der Waals surface area contributed by atoms with Crippen molar-refractivity contribution in [1.29, 1.82) is 0 Å². The van der Waals surface area contributed by atoms with Gasteiger partial charge in [-0.15, -0.1) is 0 Å². The van der Waals surface area contributed by atoms with Gasteiger partial charge in [-0.05, 0) is 6.92 Å². The fraction of sp³-hybridized carbons (Fsp3) is 1.00. The molecule has 0 saturated carbocycles. The van der Waals surface area contributed by atoms with Crippen molar-refractivity contribution in [3.63, 3.8) is 0 Å². The Morgan fingerprint density at radius 2 is 2.09 bits per heavy atom. The molecule has 0 spiro atoms. The lowest BCUT2D eigenvalue weighted by Gasteiger charge is -2.15. The highest BCUT2D eigenvalue weighted by Gasteiger charge is 2.31. The lowest BCUT2D eigenvalue weighted by molar-refractivity contribution is -0.0233. The number of hydrogen-bond donors (Lipinski definition) is 1. The van der Waals surface area contributed by atoms with Gasteiger partial charge in [0.05, 0.1) is 12.2 Å². The Balaban J connectivity index is 2.37. The van der Waals surface area contributed by atoms with Crippen LogP contribution >= 0.6 is 0 Å². The van der Waals surface area contributed by atoms with Crippen molar-refractivity contribution in [2.75, 3.05) is 26.8 Å². The molecule has 11 heavy (non-hydrogen) atoms. The second-order valence-electron chi connectivity index (χ2n) is 2.72. The molecule has 0 radical (unpaired) electrons. The Kier molecular flexibility index (Phi) is 3.26. The second kappa shape index (κ2) is 4.01. The van der Waals surface area contributed by atoms with E-state index < -0.39 is 0 Å². The Labute approximate surface area is 67.2 Å². The Morgan fingerprint density at radius 1 is 1.45 bits per heavy atom. The summed E-state index contributed by atoms with van der Waals surface area (Å²) in [5.41, 5.74) is 0. The number of nitrogens with two attached hydrogens (primary N) is 1. The zero-order valence-corrected chi connectivity index (χ0v) is 7.12. The topological polar surface area (TPSA) is 47.7 Å². The third-order valence-corrected chi connectivity index (χ3v) is 1.93. The van der Waals surface area contributed by atoms with Gasteiger partial charge < -0.3 is 9.47 Å². The largest absolute Gasteiger partial charge is 0.377 e. The van der Waals surface area contributed by atoms with E-state index in [0.29, 0.717) is 0 Å². The number of ether oxygens (including phenoxy) is 2. The normalized spacial score (nSPS) is 33.0. The molecule has 1 fully saturated rings. The van der Waals surface area contributed by atoms with Crippen LogP contribution in [0.25, 0.3) is 0 Å². The van der Waals surface area contributed by atoms with E-state index in [1.807, 2.05) is 6.92 Å². The molecule has 1 aliphatic rings. The van der Waals surface area contributed by atoms with Gasteiger partial charge in [0, 0.05) is 26.8 Å². The molecule has 1 rings (SSSR count). The zero-order chi connectivity index (χ0) is 8.27. The van der Waals surface area contributed by atoms with Gasteiger partial charge in [0.15, 0.2) is 0 Å². The van der Waals surface area contributed by atoms with Gasteiger partial charge in [0.25, 0.3) is 0 Å². The fourth-order valence-electron chi connectivity index (χ4n) is 1.37. The first kappa shape index (κ1) is 8.93. The molecule has 1 heterocycles. The van der Waals surface area contributed by atoms with E-state index in [1.54, 1.807) is 12.1 Å². The van der Waals surface area contributed by atoms with Gasteiger partial charge in [0.2, 0.25) is 0 Å². The van der Waals surface area contributed by atoms with Crippen molar-refractivity contribution in [2.45, 2.75) is 19.1 Å². The summed E-state index contributed by atoms with van der Waals surface area (Å²) in [6.45, 7) is 4.23. The number of methoxy groups -OCH3 is 1. The number of hydrazine groups is 1. The summed E-state index contributed by atoms with van der Waals surface area (Å²) in [7, 11) is 1.69. The van der Waals surface area contributed by atoms with Gasteiger partial charge in [-0.1, -0.05) is 0 Å². The third kappa shape index (κ3) is 2.13. The van der Waals surface area contributed by atoms with Crippen LogP contribution in [0.5, 0.6) is 0 Å². The molecule has 1 saturated heterocycles. The van der Waals surface area contributed by atoms with Crippen LogP contribution in [0.15, 0.2) is 0 Å². The molecule has 0 unspecified atom stereocenters. The first-order valence-corrected chi connectivity index (χ1v) is 3.92. The summed E-state index contributed by atoms with van der Waals surface area (Å²) >= 11 is 0. The van der Waals surface area contributed by atoms with Gasteiger partial charge in [-0.2, -0.15) is 0 Å². The average Bonchev–Trinajstić information content (AvgIpc) is 2.32. The molecule has 2 N–H and O–H groups in total. The summed E-state index contributed by atoms with van der Waals surface area (Å²) in [6, 6.07) is 0. The maximum absolute atomic E-state index is 5.59. The molecule has 0 amide bonds. The van der Waals surface area contributed by atoms with E-state index in [-0.39, 0.29) is 12.2 Å². The molecule has 0 aromatic rings. The van der Waals surface area contributed by atoms with Crippen LogP contribution in [0.4, 0.5) is 0 Å². The number of nitrogens with zero attached hydrogens (tertiary/aromatic N) is 1. The summed E-state index contributed by atoms with van der Waals surface area (Å²) in [4.78, 5) is 0. The summed E-state index contributed by atoms with van der Waals surface area (Å²) in [6.07, 6.45) is 0.287. The molecule has 1 aliphatic heterocycles. The predicted octanol–water partition coefficient (Wildman–Crippen LogP) is -0.404. The van der Waals surface area contributed by atoms with Crippen molar-refractivity contribution in [1.82, 2.24) is 5.01 Å². The van der Waals surface area contributed by atoms with Crippen LogP contribution in [0.1, 0.15) is 6.92 Å². The molecule has 0 aromatic heterocycles. The van der Waals surface area contributed by atoms with Gasteiger partial charge >= 0.3 is 0 Å².